The summed E-state index contributed by atoms with van der Waals surface area (Å²) in [6.07, 6.45) is 0. The van der Waals surface area contributed by atoms with E-state index in [0.717, 1.165) is 33.4 Å². The molecule has 0 saturated carbocycles. The highest BCUT2D eigenvalue weighted by molar-refractivity contribution is 7.63. The molecule has 0 heterocycles. The van der Waals surface area contributed by atoms with Gasteiger partial charge >= 0.3 is 15.6 Å². The van der Waals surface area contributed by atoms with Gasteiger partial charge in [0.15, 0.2) is 11.6 Å². The number of rotatable bonds is 14. The summed E-state index contributed by atoms with van der Waals surface area (Å²) in [6.45, 7) is 11.2. The lowest BCUT2D eigenvalue weighted by Gasteiger charge is -2.25. The van der Waals surface area contributed by atoms with Crippen LogP contribution in [0.4, 0.5) is 0 Å². The predicted molar refractivity (Wildman–Crippen MR) is 213 cm³/mol. The van der Waals surface area contributed by atoms with E-state index in [1.54, 1.807) is 60.7 Å². The summed E-state index contributed by atoms with van der Waals surface area (Å²) in [7, 11) is -10.2. The molecular weight excluding hydrogens is 734 g/mol. The molecule has 0 radical (unpaired) electrons. The summed E-state index contributed by atoms with van der Waals surface area (Å²) in [5.74, 6) is -1.06. The van der Waals surface area contributed by atoms with E-state index in [2.05, 4.69) is 0 Å². The van der Waals surface area contributed by atoms with Gasteiger partial charge in [-0.15, -0.1) is 4.31 Å². The standard InChI is InChI=1S/C44H40O9P2/c1-29-25-31(3)41(32(4)26-29)43(45)37-21-13-15-23-39(37)51-54(47,49-35-17-9-7-10-18-35)53-55(48,50-36-19-11-8-12-20-36)52-40-24-16-14-22-38(40)44(46)42-33(5)27-30(2)28-34(42)6/h7-28H,1-6H3. The lowest BCUT2D eigenvalue weighted by Crippen LogP contribution is -2.14. The second-order valence-electron chi connectivity index (χ2n) is 13.2. The van der Waals surface area contributed by atoms with Crippen molar-refractivity contribution in [2.75, 3.05) is 0 Å². The van der Waals surface area contributed by atoms with Crippen molar-refractivity contribution in [1.29, 1.82) is 0 Å². The summed E-state index contributed by atoms with van der Waals surface area (Å²) in [4.78, 5) is 28.3. The van der Waals surface area contributed by atoms with E-state index >= 15 is 9.13 Å². The molecule has 0 fully saturated rings. The van der Waals surface area contributed by atoms with Gasteiger partial charge in [-0.3, -0.25) is 9.59 Å². The molecule has 280 valence electrons. The van der Waals surface area contributed by atoms with Crippen LogP contribution in [0.15, 0.2) is 133 Å². The first-order valence-corrected chi connectivity index (χ1v) is 20.4. The van der Waals surface area contributed by atoms with Crippen LogP contribution in [0.3, 0.4) is 0 Å². The number of hydrogen-bond donors (Lipinski definition) is 0. The first-order valence-electron chi connectivity index (χ1n) is 17.5. The van der Waals surface area contributed by atoms with Gasteiger partial charge in [-0.05, 0) is 112 Å². The van der Waals surface area contributed by atoms with Crippen molar-refractivity contribution < 1.29 is 41.1 Å². The maximum absolute atomic E-state index is 15.0. The zero-order valence-electron chi connectivity index (χ0n) is 31.3. The highest BCUT2D eigenvalue weighted by Crippen LogP contribution is 2.65. The van der Waals surface area contributed by atoms with Gasteiger partial charge in [-0.1, -0.05) is 96.1 Å². The summed E-state index contributed by atoms with van der Waals surface area (Å²) < 4.78 is 59.7. The summed E-state index contributed by atoms with van der Waals surface area (Å²) in [6, 6.07) is 35.9. The van der Waals surface area contributed by atoms with Crippen molar-refractivity contribution in [2.45, 2.75) is 41.5 Å². The molecule has 6 aromatic carbocycles. The van der Waals surface area contributed by atoms with Crippen molar-refractivity contribution >= 4 is 27.2 Å². The molecule has 0 spiro atoms. The second-order valence-corrected chi connectivity index (χ2v) is 16.3. The number of phosphoric ester groups is 2. The van der Waals surface area contributed by atoms with Gasteiger partial charge in [-0.2, -0.15) is 0 Å². The Hall–Kier alpha value is -5.72. The number of carbonyl (C=O) groups excluding carboxylic acids is 2. The lowest BCUT2D eigenvalue weighted by atomic mass is 9.93. The number of carbonyl (C=O) groups is 2. The van der Waals surface area contributed by atoms with Crippen LogP contribution >= 0.6 is 15.6 Å². The fourth-order valence-electron chi connectivity index (χ4n) is 6.50. The number of para-hydroxylation sites is 4. The molecule has 0 aromatic heterocycles. The van der Waals surface area contributed by atoms with Crippen molar-refractivity contribution in [1.82, 2.24) is 0 Å². The highest BCUT2D eigenvalue weighted by Gasteiger charge is 2.47. The SMILES string of the molecule is Cc1cc(C)c(C(=O)c2ccccc2OP(=O)(Oc2ccccc2)OP(=O)(Oc2ccccc2)Oc2ccccc2C(=O)c2c(C)cc(C)cc2C)c(C)c1. The molecule has 0 aliphatic heterocycles. The lowest BCUT2D eigenvalue weighted by molar-refractivity contribution is 0.102. The molecule has 2 unspecified atom stereocenters. The van der Waals surface area contributed by atoms with Crippen LogP contribution in [0.1, 0.15) is 65.2 Å². The predicted octanol–water partition coefficient (Wildman–Crippen LogP) is 11.8. The number of hydrogen-bond acceptors (Lipinski definition) is 9. The second kappa shape index (κ2) is 16.3. The number of ketones is 2. The fourth-order valence-corrected chi connectivity index (χ4v) is 9.65. The molecule has 6 aromatic rings. The molecule has 0 bridgehead atoms. The summed E-state index contributed by atoms with van der Waals surface area (Å²) >= 11 is 0. The van der Waals surface area contributed by atoms with Crippen molar-refractivity contribution in [3.8, 4) is 23.0 Å². The normalized spacial score (nSPS) is 13.2. The largest absolute Gasteiger partial charge is 0.598 e. The van der Waals surface area contributed by atoms with E-state index in [9.17, 15) is 9.59 Å². The molecule has 6 rings (SSSR count). The van der Waals surface area contributed by atoms with Gasteiger partial charge < -0.3 is 18.1 Å². The van der Waals surface area contributed by atoms with Crippen LogP contribution in [0, 0.1) is 41.5 Å². The monoisotopic (exact) mass is 774 g/mol. The van der Waals surface area contributed by atoms with Crippen LogP contribution in [-0.2, 0) is 13.4 Å². The molecule has 0 N–H and O–H groups in total. The van der Waals surface area contributed by atoms with Crippen LogP contribution in [0.25, 0.3) is 0 Å². The van der Waals surface area contributed by atoms with Gasteiger partial charge in [0.05, 0.1) is 11.1 Å². The Kier molecular flexibility index (Phi) is 11.6. The molecule has 11 heteroatoms. The van der Waals surface area contributed by atoms with E-state index in [0.29, 0.717) is 11.1 Å². The van der Waals surface area contributed by atoms with Gasteiger partial charge in [0, 0.05) is 11.1 Å². The first-order chi connectivity index (χ1) is 26.2. The minimum atomic E-state index is -5.12. The smallest absolute Gasteiger partial charge is 0.395 e. The molecular formula is C44H40O9P2. The Morgan fingerprint density at radius 1 is 0.418 bits per heavy atom. The van der Waals surface area contributed by atoms with E-state index < -0.39 is 27.2 Å². The van der Waals surface area contributed by atoms with Gasteiger partial charge in [0.1, 0.15) is 23.0 Å². The molecule has 0 aliphatic carbocycles. The Labute approximate surface area is 321 Å². The van der Waals surface area contributed by atoms with E-state index in [-0.39, 0.29) is 34.1 Å². The van der Waals surface area contributed by atoms with Gasteiger partial charge in [0.2, 0.25) is 0 Å². The zero-order chi connectivity index (χ0) is 39.3. The zero-order valence-corrected chi connectivity index (χ0v) is 33.1. The average Bonchev–Trinajstić information content (AvgIpc) is 3.11. The molecule has 55 heavy (non-hydrogen) atoms. The van der Waals surface area contributed by atoms with Crippen LogP contribution < -0.4 is 18.1 Å². The number of aryl methyl sites for hydroxylation is 6. The third-order valence-electron chi connectivity index (χ3n) is 8.61. The van der Waals surface area contributed by atoms with Crippen LogP contribution in [0.5, 0.6) is 23.0 Å². The van der Waals surface area contributed by atoms with Gasteiger partial charge in [0.25, 0.3) is 0 Å². The Balaban J connectivity index is 1.44. The minimum absolute atomic E-state index is 0.0343. The number of phosphoric acid groups is 2. The third-order valence-corrected chi connectivity index (χ3v) is 11.9. The third kappa shape index (κ3) is 9.15. The molecule has 0 saturated heterocycles. The van der Waals surface area contributed by atoms with Gasteiger partial charge in [-0.25, -0.2) is 9.13 Å². The van der Waals surface area contributed by atoms with E-state index in [1.807, 2.05) is 65.8 Å². The first kappa shape index (κ1) is 39.0. The Bertz CT molecular complexity index is 2260. The van der Waals surface area contributed by atoms with E-state index in [1.165, 1.54) is 48.5 Å². The molecule has 2 atom stereocenters. The topological polar surface area (TPSA) is 114 Å². The van der Waals surface area contributed by atoms with Crippen molar-refractivity contribution in [3.63, 3.8) is 0 Å². The molecule has 0 aliphatic rings. The maximum Gasteiger partial charge on any atom is 0.598 e. The molecule has 9 nitrogen and oxygen atoms in total. The van der Waals surface area contributed by atoms with Crippen LogP contribution in [-0.4, -0.2) is 11.6 Å². The van der Waals surface area contributed by atoms with Crippen LogP contribution in [0.2, 0.25) is 0 Å². The number of benzene rings is 6. The quantitative estimate of drug-likeness (QED) is 0.0788. The van der Waals surface area contributed by atoms with E-state index in [4.69, 9.17) is 22.4 Å². The van der Waals surface area contributed by atoms with Crippen molar-refractivity contribution in [3.05, 3.63) is 189 Å². The fraction of sp³-hybridized carbons (Fsp3) is 0.136. The Morgan fingerprint density at radius 3 is 1.07 bits per heavy atom. The highest BCUT2D eigenvalue weighted by atomic mass is 31.3. The average molecular weight is 775 g/mol. The summed E-state index contributed by atoms with van der Waals surface area (Å²) in [5.41, 5.74) is 5.97. The Morgan fingerprint density at radius 2 is 0.727 bits per heavy atom. The van der Waals surface area contributed by atoms with Crippen molar-refractivity contribution in [2.24, 2.45) is 0 Å². The molecule has 0 amide bonds. The summed E-state index contributed by atoms with van der Waals surface area (Å²) in [5, 5.41) is 0. The maximum atomic E-state index is 15.0. The minimum Gasteiger partial charge on any atom is -0.395 e.